The molecular weight excluding hydrogens is 310 g/mol. The number of nitrogens with one attached hydrogen (secondary N) is 1. The summed E-state index contributed by atoms with van der Waals surface area (Å²) in [5.74, 6) is 0.229. The summed E-state index contributed by atoms with van der Waals surface area (Å²) in [7, 11) is 0. The molecule has 3 aliphatic carbocycles. The Labute approximate surface area is 138 Å². The van der Waals surface area contributed by atoms with Crippen LogP contribution in [0.25, 0.3) is 0 Å². The van der Waals surface area contributed by atoms with E-state index in [1.807, 2.05) is 0 Å². The van der Waals surface area contributed by atoms with Gasteiger partial charge < -0.3 is 11.1 Å². The summed E-state index contributed by atoms with van der Waals surface area (Å²) in [6.07, 6.45) is 6.00. The molecule has 6 heteroatoms. The average molecular weight is 329 g/mol. The Balaban J connectivity index is 1.68. The van der Waals surface area contributed by atoms with Crippen LogP contribution >= 0.6 is 11.3 Å². The van der Waals surface area contributed by atoms with Crippen LogP contribution in [0.5, 0.6) is 0 Å². The lowest BCUT2D eigenvalue weighted by molar-refractivity contribution is 0.0820. The number of hydrogen-bond donors (Lipinski definition) is 2. The Bertz CT molecular complexity index is 740. The van der Waals surface area contributed by atoms with E-state index in [9.17, 15) is 14.9 Å². The van der Waals surface area contributed by atoms with Gasteiger partial charge in [-0.25, -0.2) is 0 Å². The Kier molecular flexibility index (Phi) is 3.24. The minimum atomic E-state index is -0.907. The van der Waals surface area contributed by atoms with Crippen LogP contribution in [0, 0.1) is 22.7 Å². The van der Waals surface area contributed by atoms with Crippen LogP contribution in [0.2, 0.25) is 0 Å². The molecule has 0 aromatic carbocycles. The topological polar surface area (TPSA) is 96.0 Å². The summed E-state index contributed by atoms with van der Waals surface area (Å²) in [4.78, 5) is 25.9. The van der Waals surface area contributed by atoms with Gasteiger partial charge in [-0.1, -0.05) is 12.8 Å². The van der Waals surface area contributed by atoms with E-state index in [-0.39, 0.29) is 17.7 Å². The normalized spacial score (nSPS) is 26.5. The second-order valence-corrected chi connectivity index (χ2v) is 8.12. The molecule has 0 bridgehead atoms. The molecule has 1 aromatic heterocycles. The van der Waals surface area contributed by atoms with Crippen molar-refractivity contribution < 1.29 is 9.59 Å². The number of nitrogen functional groups attached to an aromatic ring is 1. The summed E-state index contributed by atoms with van der Waals surface area (Å²) in [6, 6.07) is 2.55. The number of carbonyl (C=O) groups is 2. The van der Waals surface area contributed by atoms with Gasteiger partial charge in [0.1, 0.15) is 5.41 Å². The molecule has 0 radical (unpaired) electrons. The zero-order valence-electron chi connectivity index (χ0n) is 12.9. The molecule has 1 aromatic rings. The number of nitriles is 1. The molecule has 3 aliphatic rings. The maximum atomic E-state index is 13.0. The third-order valence-corrected chi connectivity index (χ3v) is 6.22. The highest BCUT2D eigenvalue weighted by Gasteiger charge is 2.48. The number of rotatable bonds is 4. The molecule has 1 heterocycles. The molecule has 4 rings (SSSR count). The van der Waals surface area contributed by atoms with Gasteiger partial charge in [0.2, 0.25) is 0 Å². The van der Waals surface area contributed by atoms with Crippen LogP contribution < -0.4 is 11.1 Å². The predicted octanol–water partition coefficient (Wildman–Crippen LogP) is 2.66. The number of anilines is 1. The van der Waals surface area contributed by atoms with Crippen LogP contribution in [0.3, 0.4) is 0 Å². The maximum Gasteiger partial charge on any atom is 0.254 e. The molecule has 3 N–H and O–H groups in total. The molecule has 23 heavy (non-hydrogen) atoms. The minimum absolute atomic E-state index is 0.115. The van der Waals surface area contributed by atoms with Crippen molar-refractivity contribution in [2.45, 2.75) is 51.0 Å². The number of nitrogens with two attached hydrogens (primary N) is 1. The van der Waals surface area contributed by atoms with Crippen molar-refractivity contribution in [3.05, 3.63) is 16.0 Å². The monoisotopic (exact) mass is 329 g/mol. The molecule has 1 atom stereocenters. The van der Waals surface area contributed by atoms with E-state index < -0.39 is 5.41 Å². The molecule has 5 nitrogen and oxygen atoms in total. The smallest absolute Gasteiger partial charge is 0.254 e. The first kappa shape index (κ1) is 14.7. The Morgan fingerprint density at radius 2 is 2.13 bits per heavy atom. The van der Waals surface area contributed by atoms with Gasteiger partial charge in [-0.3, -0.25) is 9.59 Å². The van der Waals surface area contributed by atoms with E-state index >= 15 is 0 Å². The predicted molar refractivity (Wildman–Crippen MR) is 87.3 cm³/mol. The van der Waals surface area contributed by atoms with Crippen molar-refractivity contribution in [3.63, 3.8) is 0 Å². The van der Waals surface area contributed by atoms with Crippen LogP contribution in [0.1, 0.15) is 64.1 Å². The number of nitrogens with zero attached hydrogens (tertiary/aromatic N) is 1. The van der Waals surface area contributed by atoms with E-state index in [2.05, 4.69) is 11.4 Å². The third kappa shape index (κ3) is 2.43. The van der Waals surface area contributed by atoms with Crippen molar-refractivity contribution >= 4 is 28.0 Å². The highest BCUT2D eigenvalue weighted by molar-refractivity contribution is 7.18. The highest BCUT2D eigenvalue weighted by Crippen LogP contribution is 2.49. The van der Waals surface area contributed by atoms with Gasteiger partial charge >= 0.3 is 0 Å². The quantitative estimate of drug-likeness (QED) is 0.887. The Morgan fingerprint density at radius 1 is 1.39 bits per heavy atom. The van der Waals surface area contributed by atoms with Crippen molar-refractivity contribution in [1.82, 2.24) is 5.32 Å². The lowest BCUT2D eigenvalue weighted by atomic mass is 9.70. The second-order valence-electron chi connectivity index (χ2n) is 7.07. The van der Waals surface area contributed by atoms with Gasteiger partial charge in [-0.2, -0.15) is 5.26 Å². The highest BCUT2D eigenvalue weighted by atomic mass is 32.1. The number of fused-ring (bicyclic) bond motifs is 1. The summed E-state index contributed by atoms with van der Waals surface area (Å²) >= 11 is 1.18. The zero-order valence-corrected chi connectivity index (χ0v) is 13.7. The largest absolute Gasteiger partial charge is 0.390 e. The maximum absolute atomic E-state index is 13.0. The number of thiophene rings is 1. The summed E-state index contributed by atoms with van der Waals surface area (Å²) < 4.78 is 0. The van der Waals surface area contributed by atoms with Crippen molar-refractivity contribution in [1.29, 1.82) is 5.26 Å². The first-order chi connectivity index (χ1) is 11.0. The summed E-state index contributed by atoms with van der Waals surface area (Å²) in [5.41, 5.74) is 6.38. The van der Waals surface area contributed by atoms with Gasteiger partial charge in [0.05, 0.1) is 21.5 Å². The molecule has 0 spiro atoms. The van der Waals surface area contributed by atoms with Gasteiger partial charge in [0, 0.05) is 6.04 Å². The van der Waals surface area contributed by atoms with Crippen molar-refractivity contribution in [3.8, 4) is 6.07 Å². The van der Waals surface area contributed by atoms with Crippen LogP contribution in [-0.4, -0.2) is 17.7 Å². The average Bonchev–Trinajstić information content (AvgIpc) is 3.43. The summed E-state index contributed by atoms with van der Waals surface area (Å²) in [5, 5.41) is 13.0. The fraction of sp³-hybridized carbons (Fsp3) is 0.588. The van der Waals surface area contributed by atoms with E-state index in [0.717, 1.165) is 31.2 Å². The number of amides is 1. The first-order valence-electron chi connectivity index (χ1n) is 8.22. The first-order valence-corrected chi connectivity index (χ1v) is 9.04. The second kappa shape index (κ2) is 5.07. The van der Waals surface area contributed by atoms with Crippen LogP contribution in [0.4, 0.5) is 5.00 Å². The van der Waals surface area contributed by atoms with Gasteiger partial charge in [0.15, 0.2) is 5.78 Å². The fourth-order valence-corrected chi connectivity index (χ4v) is 4.63. The molecule has 120 valence electrons. The van der Waals surface area contributed by atoms with Gasteiger partial charge in [-0.15, -0.1) is 11.3 Å². The van der Waals surface area contributed by atoms with E-state index in [4.69, 9.17) is 5.73 Å². The standard InChI is InChI=1S/C17H19N3O2S/c18-8-17(7-9-1-2-9)6-5-11-12(16(22)20-10-3-4-10)15(19)23-13(11)14(17)21/h9-10H,1-7,19H2,(H,20,22). The van der Waals surface area contributed by atoms with Crippen molar-refractivity contribution in [2.75, 3.05) is 5.73 Å². The lowest BCUT2D eigenvalue weighted by Gasteiger charge is -2.29. The van der Waals surface area contributed by atoms with Gasteiger partial charge in [-0.05, 0) is 43.6 Å². The number of carbonyl (C=O) groups excluding carboxylic acids is 2. The van der Waals surface area contributed by atoms with Gasteiger partial charge in [0.25, 0.3) is 5.91 Å². The molecule has 2 saturated carbocycles. The SMILES string of the molecule is N#CC1(CC2CC2)CCc2c(sc(N)c2C(=O)NC2CC2)C1=O. The fourth-order valence-electron chi connectivity index (χ4n) is 3.47. The van der Waals surface area contributed by atoms with E-state index in [0.29, 0.717) is 40.6 Å². The molecule has 1 unspecified atom stereocenters. The molecular formula is C17H19N3O2S. The molecule has 2 fully saturated rings. The van der Waals surface area contributed by atoms with E-state index in [1.165, 1.54) is 11.3 Å². The minimum Gasteiger partial charge on any atom is -0.390 e. The van der Waals surface area contributed by atoms with Crippen LogP contribution in [-0.2, 0) is 6.42 Å². The molecule has 0 saturated heterocycles. The van der Waals surface area contributed by atoms with Crippen LogP contribution in [0.15, 0.2) is 0 Å². The molecule has 0 aliphatic heterocycles. The number of ketones is 1. The molecule has 1 amide bonds. The third-order valence-electron chi connectivity index (χ3n) is 5.16. The number of hydrogen-bond acceptors (Lipinski definition) is 5. The summed E-state index contributed by atoms with van der Waals surface area (Å²) in [6.45, 7) is 0. The Morgan fingerprint density at radius 3 is 2.74 bits per heavy atom. The van der Waals surface area contributed by atoms with E-state index in [1.54, 1.807) is 0 Å². The Hall–Kier alpha value is -1.87. The lowest BCUT2D eigenvalue weighted by Crippen LogP contribution is -2.35. The van der Waals surface area contributed by atoms with Crippen molar-refractivity contribution in [2.24, 2.45) is 11.3 Å². The zero-order chi connectivity index (χ0) is 16.2. The number of Topliss-reactive ketones (excluding diaryl/α,β-unsaturated/α-hetero) is 1.